The van der Waals surface area contributed by atoms with Gasteiger partial charge in [0.05, 0.1) is 10.6 Å². The normalized spacial score (nSPS) is 21.5. The van der Waals surface area contributed by atoms with Crippen LogP contribution in [0.4, 0.5) is 5.13 Å². The van der Waals surface area contributed by atoms with Gasteiger partial charge in [-0.25, -0.2) is 4.98 Å². The molecule has 9 nitrogen and oxygen atoms in total. The minimum atomic E-state index is -0.471. The van der Waals surface area contributed by atoms with E-state index < -0.39 is 4.92 Å². The predicted molar refractivity (Wildman–Crippen MR) is 89.9 cm³/mol. The number of nitrogens with two attached hydrogens (primary N) is 2. The van der Waals surface area contributed by atoms with Crippen molar-refractivity contribution in [1.29, 1.82) is 0 Å². The quantitative estimate of drug-likeness (QED) is 0.261. The van der Waals surface area contributed by atoms with Crippen LogP contribution < -0.4 is 22.1 Å². The van der Waals surface area contributed by atoms with Crippen LogP contribution in [0.2, 0.25) is 0 Å². The third-order valence-corrected chi connectivity index (χ3v) is 4.44. The maximum Gasteiger partial charge on any atom is 0.274 e. The number of aromatic nitrogens is 1. The van der Waals surface area contributed by atoms with E-state index in [1.807, 2.05) is 5.38 Å². The maximum absolute atomic E-state index is 10.6. The molecule has 6 N–H and O–H groups in total. The highest BCUT2D eigenvalue weighted by molar-refractivity contribution is 7.13. The Bertz CT molecular complexity index is 609. The summed E-state index contributed by atoms with van der Waals surface area (Å²) in [7, 11) is 1.66. The first-order valence-corrected chi connectivity index (χ1v) is 8.20. The van der Waals surface area contributed by atoms with Crippen molar-refractivity contribution < 1.29 is 4.92 Å². The molecule has 1 fully saturated rings. The fourth-order valence-corrected chi connectivity index (χ4v) is 3.50. The largest absolute Gasteiger partial charge is 0.370 e. The molecule has 2 rings (SSSR count). The molecule has 23 heavy (non-hydrogen) atoms. The highest BCUT2D eigenvalue weighted by Gasteiger charge is 2.25. The van der Waals surface area contributed by atoms with Gasteiger partial charge in [0.15, 0.2) is 11.8 Å². The average molecular weight is 339 g/mol. The molecular formula is C13H21N7O2S. The van der Waals surface area contributed by atoms with E-state index in [1.54, 1.807) is 7.05 Å². The van der Waals surface area contributed by atoms with Crippen molar-refractivity contribution >= 4 is 22.4 Å². The molecule has 0 amide bonds. The second-order valence-corrected chi connectivity index (χ2v) is 6.21. The lowest BCUT2D eigenvalue weighted by molar-refractivity contribution is -0.404. The average Bonchev–Trinajstić information content (AvgIpc) is 2.94. The molecule has 1 heterocycles. The zero-order valence-electron chi connectivity index (χ0n) is 12.9. The number of nitrogens with zero attached hydrogens (tertiary/aromatic N) is 3. The van der Waals surface area contributed by atoms with E-state index in [4.69, 9.17) is 11.5 Å². The van der Waals surface area contributed by atoms with E-state index >= 15 is 0 Å². The van der Waals surface area contributed by atoms with Gasteiger partial charge in [-0.3, -0.25) is 10.1 Å². The third-order valence-electron chi connectivity index (χ3n) is 3.69. The fraction of sp³-hybridized carbons (Fsp3) is 0.538. The van der Waals surface area contributed by atoms with E-state index in [2.05, 4.69) is 20.6 Å². The summed E-state index contributed by atoms with van der Waals surface area (Å²) < 4.78 is 0. The van der Waals surface area contributed by atoms with Crippen LogP contribution in [0.25, 0.3) is 0 Å². The summed E-state index contributed by atoms with van der Waals surface area (Å²) in [6.07, 6.45) is 4.85. The van der Waals surface area contributed by atoms with Crippen molar-refractivity contribution in [2.24, 2.45) is 16.5 Å². The third kappa shape index (κ3) is 5.09. The van der Waals surface area contributed by atoms with Crippen LogP contribution in [0.3, 0.4) is 0 Å². The van der Waals surface area contributed by atoms with Crippen LogP contribution in [0.15, 0.2) is 22.4 Å². The van der Waals surface area contributed by atoms with Gasteiger partial charge >= 0.3 is 0 Å². The Hall–Kier alpha value is -2.36. The maximum atomic E-state index is 10.6. The lowest BCUT2D eigenvalue weighted by Crippen LogP contribution is -2.37. The number of guanidine groups is 1. The molecule has 1 saturated carbocycles. The van der Waals surface area contributed by atoms with Crippen LogP contribution in [0.1, 0.15) is 37.3 Å². The number of rotatable bonds is 6. The molecule has 0 saturated heterocycles. The van der Waals surface area contributed by atoms with E-state index in [1.165, 1.54) is 11.3 Å². The molecule has 1 aliphatic carbocycles. The van der Waals surface area contributed by atoms with Gasteiger partial charge in [-0.05, 0) is 19.3 Å². The molecule has 0 spiro atoms. The Morgan fingerprint density at radius 3 is 3.00 bits per heavy atom. The molecule has 2 unspecified atom stereocenters. The zero-order chi connectivity index (χ0) is 16.8. The number of nitrogens with one attached hydrogen (secondary N) is 2. The van der Waals surface area contributed by atoms with Crippen molar-refractivity contribution in [3.05, 3.63) is 33.2 Å². The summed E-state index contributed by atoms with van der Waals surface area (Å²) in [5.41, 5.74) is 11.7. The lowest BCUT2D eigenvalue weighted by Gasteiger charge is -2.29. The Labute approximate surface area is 138 Å². The lowest BCUT2D eigenvalue weighted by atomic mass is 9.84. The highest BCUT2D eigenvalue weighted by Crippen LogP contribution is 2.35. The van der Waals surface area contributed by atoms with Crippen LogP contribution in [-0.2, 0) is 0 Å². The summed E-state index contributed by atoms with van der Waals surface area (Å²) in [5.74, 6) is 0.715. The predicted octanol–water partition coefficient (Wildman–Crippen LogP) is 0.959. The monoisotopic (exact) mass is 339 g/mol. The highest BCUT2D eigenvalue weighted by atomic mass is 32.1. The van der Waals surface area contributed by atoms with Crippen LogP contribution in [0, 0.1) is 10.1 Å². The van der Waals surface area contributed by atoms with Crippen LogP contribution in [0.5, 0.6) is 0 Å². The number of nitro groups is 1. The van der Waals surface area contributed by atoms with Crippen molar-refractivity contribution in [3.8, 4) is 0 Å². The van der Waals surface area contributed by atoms with Crippen molar-refractivity contribution in [1.82, 2.24) is 15.6 Å². The molecule has 0 bridgehead atoms. The molecule has 0 aliphatic heterocycles. The van der Waals surface area contributed by atoms with Crippen molar-refractivity contribution in [3.63, 3.8) is 0 Å². The van der Waals surface area contributed by atoms with Crippen LogP contribution in [-0.4, -0.2) is 29.0 Å². The summed E-state index contributed by atoms with van der Waals surface area (Å²) in [6, 6.07) is 0.167. The Balaban J connectivity index is 2.01. The van der Waals surface area contributed by atoms with E-state index in [0.29, 0.717) is 16.9 Å². The zero-order valence-corrected chi connectivity index (χ0v) is 13.7. The smallest absolute Gasteiger partial charge is 0.274 e. The number of aliphatic imine (C=N–C) groups is 1. The van der Waals surface area contributed by atoms with Gasteiger partial charge in [0, 0.05) is 24.4 Å². The first kappa shape index (κ1) is 17.0. The van der Waals surface area contributed by atoms with Gasteiger partial charge in [-0.15, -0.1) is 11.3 Å². The second-order valence-electron chi connectivity index (χ2n) is 5.37. The molecule has 2 atom stereocenters. The van der Waals surface area contributed by atoms with Gasteiger partial charge in [-0.1, -0.05) is 6.42 Å². The van der Waals surface area contributed by atoms with Gasteiger partial charge in [0.1, 0.15) is 0 Å². The summed E-state index contributed by atoms with van der Waals surface area (Å²) in [5, 5.41) is 19.1. The van der Waals surface area contributed by atoms with Crippen molar-refractivity contribution in [2.75, 3.05) is 7.05 Å². The van der Waals surface area contributed by atoms with Crippen LogP contribution >= 0.6 is 11.3 Å². The summed E-state index contributed by atoms with van der Waals surface area (Å²) >= 11 is 1.41. The second kappa shape index (κ2) is 7.77. The van der Waals surface area contributed by atoms with E-state index in [9.17, 15) is 10.1 Å². The molecule has 1 aliphatic rings. The molecule has 0 aromatic carbocycles. The van der Waals surface area contributed by atoms with Gasteiger partial charge in [0.2, 0.25) is 5.13 Å². The molecule has 1 aromatic heterocycles. The SMILES string of the molecule is CN/C(=C\[N+](=O)[O-])NC1CCCC(c2csc(N=C(N)N)n2)C1. The first-order valence-electron chi connectivity index (χ1n) is 7.32. The molecular weight excluding hydrogens is 318 g/mol. The molecule has 0 radical (unpaired) electrons. The Kier molecular flexibility index (Phi) is 5.74. The molecule has 10 heteroatoms. The van der Waals surface area contributed by atoms with Crippen molar-refractivity contribution in [2.45, 2.75) is 37.6 Å². The number of hydrogen-bond donors (Lipinski definition) is 4. The van der Waals surface area contributed by atoms with Gasteiger partial charge < -0.3 is 22.1 Å². The number of thiazole rings is 1. The van der Waals surface area contributed by atoms with E-state index in [-0.39, 0.29) is 12.0 Å². The fourth-order valence-electron chi connectivity index (χ4n) is 2.71. The number of hydrogen-bond acceptors (Lipinski definition) is 7. The summed E-state index contributed by atoms with van der Waals surface area (Å²) in [6.45, 7) is 0. The standard InChI is InChI=1S/C13H21N7O2S/c1-16-11(6-20(21)22)17-9-4-2-3-8(5-9)10-7-23-13(18-10)19-12(14)15/h6-9,16-17H,2-5H2,1H3,(H4,14,15,18,19)/b11-6+. The molecule has 1 aromatic rings. The Morgan fingerprint density at radius 1 is 1.57 bits per heavy atom. The topological polar surface area (TPSA) is 144 Å². The summed E-state index contributed by atoms with van der Waals surface area (Å²) in [4.78, 5) is 18.5. The van der Waals surface area contributed by atoms with Gasteiger partial charge in [0.25, 0.3) is 6.20 Å². The minimum absolute atomic E-state index is 0.00216. The molecule has 126 valence electrons. The van der Waals surface area contributed by atoms with E-state index in [0.717, 1.165) is 37.6 Å². The minimum Gasteiger partial charge on any atom is -0.370 e. The first-order chi connectivity index (χ1) is 11.0. The van der Waals surface area contributed by atoms with Gasteiger partial charge in [-0.2, -0.15) is 4.99 Å². The Morgan fingerprint density at radius 2 is 2.35 bits per heavy atom.